The van der Waals surface area contributed by atoms with Crippen LogP contribution in [0.2, 0.25) is 0 Å². The van der Waals surface area contributed by atoms with Crippen LogP contribution < -0.4 is 30.2 Å². The number of methoxy groups -OCH3 is 4. The van der Waals surface area contributed by atoms with E-state index in [0.29, 0.717) is 28.6 Å². The molecule has 0 bridgehead atoms. The number of hydrogen-bond donors (Lipinski definition) is 2. The highest BCUT2D eigenvalue weighted by atomic mass is 16.5. The number of aromatic nitrogens is 2. The van der Waals surface area contributed by atoms with Crippen LogP contribution in [-0.4, -0.2) is 62.4 Å². The number of nitrogens with zero attached hydrogens (tertiary/aromatic N) is 1. The highest BCUT2D eigenvalue weighted by Crippen LogP contribution is 2.55. The number of H-pyrrole nitrogens is 1. The molecule has 0 saturated heterocycles. The molecular formula is C54H52N2O9. The lowest BCUT2D eigenvalue weighted by Crippen LogP contribution is -2.48. The highest BCUT2D eigenvalue weighted by molar-refractivity contribution is 5.52. The van der Waals surface area contributed by atoms with Crippen molar-refractivity contribution in [3.05, 3.63) is 236 Å². The maximum absolute atomic E-state index is 13.7. The van der Waals surface area contributed by atoms with Crippen LogP contribution in [0.25, 0.3) is 0 Å². The van der Waals surface area contributed by atoms with Crippen molar-refractivity contribution < 1.29 is 33.5 Å². The Morgan fingerprint density at radius 2 is 0.969 bits per heavy atom. The smallest absolute Gasteiger partial charge is 0.328 e. The molecule has 1 fully saturated rings. The molecule has 0 spiro atoms. The van der Waals surface area contributed by atoms with Crippen molar-refractivity contribution in [2.75, 3.05) is 41.7 Å². The molecule has 1 aliphatic carbocycles. The molecule has 0 radical (unpaired) electrons. The summed E-state index contributed by atoms with van der Waals surface area (Å²) in [5.74, 6) is 2.64. The minimum absolute atomic E-state index is 0.148. The van der Waals surface area contributed by atoms with Crippen molar-refractivity contribution in [1.29, 1.82) is 0 Å². The van der Waals surface area contributed by atoms with E-state index >= 15 is 0 Å². The van der Waals surface area contributed by atoms with Gasteiger partial charge in [0.1, 0.15) is 34.2 Å². The van der Waals surface area contributed by atoms with Crippen molar-refractivity contribution in [1.82, 2.24) is 9.55 Å². The minimum Gasteiger partial charge on any atom is -0.497 e. The third-order valence-electron chi connectivity index (χ3n) is 12.8. The quantitative estimate of drug-likeness (QED) is 0.0684. The summed E-state index contributed by atoms with van der Waals surface area (Å²) in [7, 11) is 6.47. The zero-order chi connectivity index (χ0) is 45.6. The van der Waals surface area contributed by atoms with Crippen molar-refractivity contribution in [3.63, 3.8) is 0 Å². The molecule has 0 aliphatic heterocycles. The van der Waals surface area contributed by atoms with E-state index in [2.05, 4.69) is 11.6 Å². The largest absolute Gasteiger partial charge is 0.497 e. The van der Waals surface area contributed by atoms with Gasteiger partial charge in [-0.3, -0.25) is 14.3 Å². The van der Waals surface area contributed by atoms with Crippen LogP contribution in [0, 0.1) is 5.41 Å². The summed E-state index contributed by atoms with van der Waals surface area (Å²) in [5, 5.41) is 12.2. The first kappa shape index (κ1) is 44.4. The van der Waals surface area contributed by atoms with Gasteiger partial charge in [0.05, 0.1) is 59.2 Å². The molecule has 1 aromatic heterocycles. The number of aliphatic hydroxyl groups excluding tert-OH is 1. The Hall–Kier alpha value is -7.18. The fourth-order valence-corrected chi connectivity index (χ4v) is 9.21. The van der Waals surface area contributed by atoms with Gasteiger partial charge in [-0.1, -0.05) is 116 Å². The number of benzene rings is 6. The molecule has 11 heteroatoms. The van der Waals surface area contributed by atoms with Gasteiger partial charge in [-0.2, -0.15) is 0 Å². The third kappa shape index (κ3) is 8.14. The summed E-state index contributed by atoms with van der Waals surface area (Å²) in [4.78, 5) is 28.6. The Balaban J connectivity index is 1.37. The number of aliphatic hydroxyl groups is 1. The van der Waals surface area contributed by atoms with Gasteiger partial charge in [0.25, 0.3) is 5.56 Å². The van der Waals surface area contributed by atoms with E-state index in [1.807, 2.05) is 158 Å². The van der Waals surface area contributed by atoms with Crippen LogP contribution in [0.3, 0.4) is 0 Å². The molecule has 332 valence electrons. The standard InChI is InChI=1S/C54H52N2O9/c1-37-48(56-33-32-50(58)55-51(56)59)34-49(65-54(39-14-10-7-11-15-39,42-20-28-46(62-4)29-21-42)43-22-30-47(63-5)31-23-43)52(37,35-57)36-64-53(38-12-8-6-9-13-38,40-16-24-44(60-2)25-17-40)41-18-26-45(61-3)27-19-41/h6-33,48-49,57H,1,34-36H2,2-5H3,(H,55,58,59)/t48-,49-,52-/m0/s1. The van der Waals surface area contributed by atoms with Gasteiger partial charge < -0.3 is 33.5 Å². The van der Waals surface area contributed by atoms with Crippen LogP contribution in [-0.2, 0) is 20.7 Å². The first-order valence-electron chi connectivity index (χ1n) is 21.3. The highest BCUT2D eigenvalue weighted by Gasteiger charge is 2.57. The van der Waals surface area contributed by atoms with Gasteiger partial charge in [-0.15, -0.1) is 0 Å². The molecule has 6 aromatic carbocycles. The lowest BCUT2D eigenvalue weighted by molar-refractivity contribution is -0.137. The van der Waals surface area contributed by atoms with Crippen molar-refractivity contribution in [2.24, 2.45) is 5.41 Å². The van der Waals surface area contributed by atoms with Crippen LogP contribution in [0.1, 0.15) is 45.8 Å². The Kier molecular flexibility index (Phi) is 12.9. The molecule has 7 aromatic rings. The summed E-state index contributed by atoms with van der Waals surface area (Å²) >= 11 is 0. The van der Waals surface area contributed by atoms with Crippen molar-refractivity contribution in [2.45, 2.75) is 29.8 Å². The number of nitrogens with one attached hydrogen (secondary N) is 1. The molecule has 8 rings (SSSR count). The van der Waals surface area contributed by atoms with E-state index in [0.717, 1.165) is 33.4 Å². The molecule has 11 nitrogen and oxygen atoms in total. The Labute approximate surface area is 378 Å². The maximum Gasteiger partial charge on any atom is 0.328 e. The second-order valence-electron chi connectivity index (χ2n) is 16.0. The lowest BCUT2D eigenvalue weighted by Gasteiger charge is -2.45. The topological polar surface area (TPSA) is 130 Å². The monoisotopic (exact) mass is 872 g/mol. The van der Waals surface area contributed by atoms with Gasteiger partial charge in [0.2, 0.25) is 0 Å². The Bertz CT molecular complexity index is 2710. The van der Waals surface area contributed by atoms with Gasteiger partial charge in [-0.25, -0.2) is 4.79 Å². The molecule has 2 N–H and O–H groups in total. The first-order chi connectivity index (χ1) is 31.6. The Morgan fingerprint density at radius 3 is 1.35 bits per heavy atom. The van der Waals surface area contributed by atoms with E-state index in [1.54, 1.807) is 28.4 Å². The Morgan fingerprint density at radius 1 is 0.585 bits per heavy atom. The molecule has 3 atom stereocenters. The normalized spacial score (nSPS) is 17.4. The first-order valence-corrected chi connectivity index (χ1v) is 21.3. The number of rotatable bonds is 17. The molecular weight excluding hydrogens is 821 g/mol. The van der Waals surface area contributed by atoms with Crippen LogP contribution in [0.4, 0.5) is 0 Å². The second kappa shape index (κ2) is 18.9. The summed E-state index contributed by atoms with van der Waals surface area (Å²) in [6, 6.07) is 51.1. The fraction of sp³-hybridized carbons (Fsp3) is 0.222. The maximum atomic E-state index is 13.7. The molecule has 1 saturated carbocycles. The summed E-state index contributed by atoms with van der Waals surface area (Å²) in [6.45, 7) is 4.03. The summed E-state index contributed by atoms with van der Waals surface area (Å²) in [6.07, 6.45) is 0.732. The van der Waals surface area contributed by atoms with Crippen molar-refractivity contribution >= 4 is 0 Å². The summed E-state index contributed by atoms with van der Waals surface area (Å²) in [5.41, 5.74) is 0.0393. The van der Waals surface area contributed by atoms with Gasteiger partial charge >= 0.3 is 5.69 Å². The zero-order valence-electron chi connectivity index (χ0n) is 36.8. The van der Waals surface area contributed by atoms with Gasteiger partial charge in [0, 0.05) is 12.3 Å². The molecule has 1 aliphatic rings. The SMILES string of the molecule is C=C1[C@@H](n2ccc(=O)[nH]c2=O)C[C@H](OC(c2ccccc2)(c2ccc(OC)cc2)c2ccc(OC)cc2)[C@@]1(CO)COC(c1ccccc1)(c1ccc(OC)cc1)c1ccc(OC)cc1. The number of aromatic amines is 1. The molecule has 0 unspecified atom stereocenters. The minimum atomic E-state index is -1.39. The van der Waals surface area contributed by atoms with E-state index in [-0.39, 0.29) is 13.0 Å². The second-order valence-corrected chi connectivity index (χ2v) is 16.0. The van der Waals surface area contributed by atoms with E-state index in [1.165, 1.54) is 16.8 Å². The van der Waals surface area contributed by atoms with Gasteiger partial charge in [0.15, 0.2) is 0 Å². The van der Waals surface area contributed by atoms with Gasteiger partial charge in [-0.05, 0) is 93.9 Å². The van der Waals surface area contributed by atoms with Crippen molar-refractivity contribution in [3.8, 4) is 23.0 Å². The average Bonchev–Trinajstić information content (AvgIpc) is 3.63. The van der Waals surface area contributed by atoms with Crippen LogP contribution >= 0.6 is 0 Å². The number of hydrogen-bond acceptors (Lipinski definition) is 9. The lowest BCUT2D eigenvalue weighted by atomic mass is 9.76. The number of ether oxygens (including phenoxy) is 6. The average molecular weight is 873 g/mol. The molecule has 1 heterocycles. The third-order valence-corrected chi connectivity index (χ3v) is 12.8. The zero-order valence-corrected chi connectivity index (χ0v) is 36.8. The van der Waals surface area contributed by atoms with E-state index in [9.17, 15) is 14.7 Å². The molecule has 65 heavy (non-hydrogen) atoms. The van der Waals surface area contributed by atoms with Crippen LogP contribution in [0.5, 0.6) is 23.0 Å². The van der Waals surface area contributed by atoms with E-state index < -0.39 is 46.6 Å². The predicted molar refractivity (Wildman–Crippen MR) is 249 cm³/mol. The fourth-order valence-electron chi connectivity index (χ4n) is 9.21. The van der Waals surface area contributed by atoms with Crippen LogP contribution in [0.15, 0.2) is 192 Å². The molecule has 0 amide bonds. The predicted octanol–water partition coefficient (Wildman–Crippen LogP) is 8.44. The summed E-state index contributed by atoms with van der Waals surface area (Å²) < 4.78 is 39.3. The van der Waals surface area contributed by atoms with E-state index in [4.69, 9.17) is 28.4 Å².